The Labute approximate surface area is 205 Å². The maximum Gasteiger partial charge on any atom is 0.135 e. The van der Waals surface area contributed by atoms with E-state index >= 15 is 0 Å². The fourth-order valence-electron chi connectivity index (χ4n) is 6.39. The van der Waals surface area contributed by atoms with Crippen LogP contribution in [0.25, 0.3) is 11.3 Å². The molecule has 1 aromatic carbocycles. The molecule has 2 saturated carbocycles. The van der Waals surface area contributed by atoms with E-state index in [1.165, 1.54) is 24.4 Å². The molecule has 0 saturated heterocycles. The van der Waals surface area contributed by atoms with Crippen molar-refractivity contribution in [2.75, 3.05) is 13.2 Å². The van der Waals surface area contributed by atoms with Crippen molar-refractivity contribution in [2.45, 2.75) is 30.8 Å². The van der Waals surface area contributed by atoms with Crippen LogP contribution in [0.4, 0.5) is 8.78 Å². The van der Waals surface area contributed by atoms with E-state index in [2.05, 4.69) is 27.6 Å². The number of aliphatic hydroxyl groups excluding tert-OH is 2. The lowest BCUT2D eigenvalue weighted by Gasteiger charge is -2.46. The van der Waals surface area contributed by atoms with Gasteiger partial charge >= 0.3 is 0 Å². The van der Waals surface area contributed by atoms with Crippen LogP contribution in [-0.4, -0.2) is 56.6 Å². The predicted molar refractivity (Wildman–Crippen MR) is 128 cm³/mol. The van der Waals surface area contributed by atoms with Gasteiger partial charge in [-0.15, -0.1) is 5.10 Å². The van der Waals surface area contributed by atoms with Gasteiger partial charge in [-0.25, -0.2) is 8.78 Å². The van der Waals surface area contributed by atoms with Gasteiger partial charge in [-0.2, -0.15) is 10.2 Å². The number of nitrogens with one attached hydrogen (secondary N) is 2. The van der Waals surface area contributed by atoms with E-state index in [4.69, 9.17) is 15.5 Å². The highest BCUT2D eigenvalue weighted by Gasteiger charge is 2.87. The summed E-state index contributed by atoms with van der Waals surface area (Å²) in [6, 6.07) is 11.0. The summed E-state index contributed by atoms with van der Waals surface area (Å²) in [5, 5.41) is 39.3. The van der Waals surface area contributed by atoms with Gasteiger partial charge in [-0.05, 0) is 59.6 Å². The van der Waals surface area contributed by atoms with E-state index in [0.29, 0.717) is 11.6 Å². The number of pyridine rings is 1. The topological polar surface area (TPSA) is 127 Å². The fourth-order valence-corrected chi connectivity index (χ4v) is 6.39. The first-order valence-electron chi connectivity index (χ1n) is 11.8. The van der Waals surface area contributed by atoms with Gasteiger partial charge in [0.15, 0.2) is 0 Å². The van der Waals surface area contributed by atoms with E-state index in [-0.39, 0.29) is 41.5 Å². The van der Waals surface area contributed by atoms with Crippen LogP contribution in [0.1, 0.15) is 41.9 Å². The molecule has 4 N–H and O–H groups in total. The second-order valence-electron chi connectivity index (χ2n) is 9.89. The molecule has 2 aromatic heterocycles. The molecule has 36 heavy (non-hydrogen) atoms. The predicted octanol–water partition coefficient (Wildman–Crippen LogP) is 2.54. The van der Waals surface area contributed by atoms with Gasteiger partial charge in [0.2, 0.25) is 0 Å². The van der Waals surface area contributed by atoms with Gasteiger partial charge in [0.1, 0.15) is 11.6 Å². The number of hydrogen-bond acceptors (Lipinski definition) is 8. The lowest BCUT2D eigenvalue weighted by Crippen LogP contribution is -2.46. The zero-order chi connectivity index (χ0) is 25.2. The van der Waals surface area contributed by atoms with Gasteiger partial charge in [0, 0.05) is 0 Å². The van der Waals surface area contributed by atoms with Crippen LogP contribution in [0.2, 0.25) is 0 Å². The molecule has 0 radical (unpaired) electrons. The van der Waals surface area contributed by atoms with Gasteiger partial charge < -0.3 is 15.6 Å². The molecule has 8 nitrogen and oxygen atoms in total. The second-order valence-corrected chi connectivity index (χ2v) is 9.89. The molecule has 10 heteroatoms. The Kier molecular flexibility index (Phi) is 5.03. The largest absolute Gasteiger partial charge is 0.394 e. The molecule has 2 heterocycles. The van der Waals surface area contributed by atoms with E-state index in [9.17, 15) is 13.9 Å². The Morgan fingerprint density at radius 3 is 2.75 bits per heavy atom. The average molecular weight is 491 g/mol. The highest BCUT2D eigenvalue weighted by Crippen LogP contribution is 2.90. The van der Waals surface area contributed by atoms with Crippen LogP contribution >= 0.6 is 0 Å². The summed E-state index contributed by atoms with van der Waals surface area (Å²) in [6.07, 6.45) is 1.23. The van der Waals surface area contributed by atoms with Crippen molar-refractivity contribution in [1.82, 2.24) is 20.6 Å². The number of aromatic nitrogens is 3. The Bertz CT molecular complexity index is 1410. The number of hydrogen-bond donors (Lipinski definition) is 4. The summed E-state index contributed by atoms with van der Waals surface area (Å²) in [5.74, 6) is -0.669. The number of benzene rings is 1. The third kappa shape index (κ3) is 2.94. The number of fused-ring (bicyclic) bond motifs is 4. The van der Waals surface area contributed by atoms with Gasteiger partial charge in [0.05, 0.1) is 64.9 Å². The highest BCUT2D eigenvalue weighted by molar-refractivity contribution is 6.36. The van der Waals surface area contributed by atoms with Gasteiger partial charge in [-0.1, -0.05) is 19.1 Å². The standard InChI is InChI=1S/C26H24F2N6O2/c1-25-15-9-26(25,21-7-3-6-19(32-21)18(29)11-31-30-10-13(36)12-35)24-14(23(15)25)8-20(33-34-24)22-16(27)4-2-5-17(22)28/h2-8,11,13,15,23,29-30,35-36H,9-10,12H2,1H3/b29-18?,31-11-/t13-,15?,23+,25?,26-/m0/s1. The van der Waals surface area contributed by atoms with Crippen molar-refractivity contribution in [2.24, 2.45) is 16.4 Å². The lowest BCUT2D eigenvalue weighted by atomic mass is 9.57. The minimum atomic E-state index is -0.936. The Morgan fingerprint density at radius 2 is 2.00 bits per heavy atom. The minimum absolute atomic E-state index is 0.0617. The molecule has 0 spiro atoms. The van der Waals surface area contributed by atoms with Crippen LogP contribution < -0.4 is 5.43 Å². The summed E-state index contributed by atoms with van der Waals surface area (Å²) < 4.78 is 28.8. The van der Waals surface area contributed by atoms with Crippen LogP contribution in [0.15, 0.2) is 47.6 Å². The first kappa shape index (κ1) is 22.8. The third-order valence-corrected chi connectivity index (χ3v) is 8.22. The summed E-state index contributed by atoms with van der Waals surface area (Å²) in [6.45, 7) is 1.88. The molecule has 3 aromatic rings. The highest BCUT2D eigenvalue weighted by atomic mass is 19.1. The molecule has 3 aliphatic carbocycles. The van der Waals surface area contributed by atoms with E-state index in [1.807, 2.05) is 12.1 Å². The number of rotatable bonds is 8. The summed E-state index contributed by atoms with van der Waals surface area (Å²) in [4.78, 5) is 4.80. The van der Waals surface area contributed by atoms with Crippen molar-refractivity contribution in [1.29, 1.82) is 5.41 Å². The summed E-state index contributed by atoms with van der Waals surface area (Å²) in [5.41, 5.74) is 5.14. The Hall–Kier alpha value is -3.63. The monoisotopic (exact) mass is 490 g/mol. The molecule has 184 valence electrons. The summed E-state index contributed by atoms with van der Waals surface area (Å²) >= 11 is 0. The van der Waals surface area contributed by atoms with Gasteiger partial charge in [0.25, 0.3) is 0 Å². The molecule has 2 unspecified atom stereocenters. The zero-order valence-corrected chi connectivity index (χ0v) is 19.4. The average Bonchev–Trinajstić information content (AvgIpc) is 3.31. The number of hydrazone groups is 1. The van der Waals surface area contributed by atoms with Crippen molar-refractivity contribution >= 4 is 11.9 Å². The molecule has 0 bridgehead atoms. The van der Waals surface area contributed by atoms with Crippen LogP contribution in [0, 0.1) is 28.4 Å². The molecule has 5 atom stereocenters. The fraction of sp³-hybridized carbons (Fsp3) is 0.346. The molecule has 2 fully saturated rings. The maximum absolute atomic E-state index is 14.4. The third-order valence-electron chi connectivity index (χ3n) is 8.22. The number of aliphatic hydroxyl groups is 2. The zero-order valence-electron chi connectivity index (χ0n) is 19.4. The van der Waals surface area contributed by atoms with E-state index < -0.39 is 23.2 Å². The molecular formula is C26H24F2N6O2. The maximum atomic E-state index is 14.4. The van der Waals surface area contributed by atoms with Crippen molar-refractivity contribution in [3.63, 3.8) is 0 Å². The quantitative estimate of drug-likeness (QED) is 0.284. The first-order valence-corrected chi connectivity index (χ1v) is 11.8. The SMILES string of the molecule is CC12C3C[C@]1(c1cccc(C(=N)/C=N\NC[C@H](O)CO)n1)c1nnc(-c4c(F)cccc4F)cc1[C@H]32. The molecule has 3 aliphatic rings. The van der Waals surface area contributed by atoms with E-state index in [0.717, 1.165) is 23.4 Å². The van der Waals surface area contributed by atoms with Crippen LogP contribution in [0.5, 0.6) is 0 Å². The minimum Gasteiger partial charge on any atom is -0.394 e. The Balaban J connectivity index is 1.33. The normalized spacial score (nSPS) is 27.8. The Morgan fingerprint density at radius 1 is 1.25 bits per heavy atom. The molecule has 0 amide bonds. The molecule has 6 rings (SSSR count). The second kappa shape index (κ2) is 7.94. The van der Waals surface area contributed by atoms with Crippen LogP contribution in [-0.2, 0) is 5.41 Å². The van der Waals surface area contributed by atoms with Gasteiger partial charge in [-0.3, -0.25) is 10.4 Å². The van der Waals surface area contributed by atoms with Crippen molar-refractivity contribution in [3.8, 4) is 11.3 Å². The first-order chi connectivity index (χ1) is 17.3. The molecular weight excluding hydrogens is 466 g/mol. The van der Waals surface area contributed by atoms with Crippen LogP contribution in [0.3, 0.4) is 0 Å². The summed E-state index contributed by atoms with van der Waals surface area (Å²) in [7, 11) is 0. The lowest BCUT2D eigenvalue weighted by molar-refractivity contribution is 0.0949. The van der Waals surface area contributed by atoms with E-state index in [1.54, 1.807) is 12.1 Å². The number of halogens is 2. The molecule has 0 aliphatic heterocycles. The van der Waals surface area contributed by atoms with Crippen molar-refractivity contribution in [3.05, 3.63) is 76.7 Å². The smallest absolute Gasteiger partial charge is 0.135 e. The number of nitrogens with zero attached hydrogens (tertiary/aromatic N) is 4. The van der Waals surface area contributed by atoms with Crippen molar-refractivity contribution < 1.29 is 19.0 Å².